The Kier molecular flexibility index (Phi) is 3.52. The van der Waals surface area contributed by atoms with Crippen LogP contribution < -0.4 is 0 Å². The maximum Gasteiger partial charge on any atom is 0.224 e. The van der Waals surface area contributed by atoms with Crippen LogP contribution in [0.3, 0.4) is 0 Å². The highest BCUT2D eigenvalue weighted by molar-refractivity contribution is 6.22. The smallest absolute Gasteiger partial charge is 0.224 e. The Labute approximate surface area is 96.4 Å². The fraction of sp³-hybridized carbons (Fsp3) is 0.909. The highest BCUT2D eigenvalue weighted by Crippen LogP contribution is 2.22. The Bertz CT molecular complexity index is 247. The molecule has 2 rings (SSSR count). The average Bonchev–Trinajstić information content (AvgIpc) is 2.74. The predicted octanol–water partition coefficient (Wildman–Crippen LogP) is 1.31. The molecule has 0 aromatic carbocycles. The van der Waals surface area contributed by atoms with Gasteiger partial charge in [0.2, 0.25) is 5.91 Å². The van der Waals surface area contributed by atoms with E-state index in [1.807, 2.05) is 4.90 Å². The molecule has 4 heteroatoms. The molecule has 0 aromatic rings. The van der Waals surface area contributed by atoms with E-state index in [4.69, 9.17) is 11.6 Å². The quantitative estimate of drug-likeness (QED) is 0.683. The van der Waals surface area contributed by atoms with Crippen LogP contribution in [-0.4, -0.2) is 53.3 Å². The first-order valence-electron chi connectivity index (χ1n) is 5.86. The molecule has 0 aromatic heterocycles. The first-order chi connectivity index (χ1) is 7.20. The molecule has 0 radical (unpaired) electrons. The van der Waals surface area contributed by atoms with Crippen molar-refractivity contribution in [2.24, 2.45) is 0 Å². The highest BCUT2D eigenvalue weighted by Gasteiger charge is 2.32. The Morgan fingerprint density at radius 2 is 2.33 bits per heavy atom. The lowest BCUT2D eigenvalue weighted by Gasteiger charge is -2.27. The number of amides is 1. The van der Waals surface area contributed by atoms with Gasteiger partial charge in [-0.25, -0.2) is 0 Å². The Morgan fingerprint density at radius 1 is 1.53 bits per heavy atom. The summed E-state index contributed by atoms with van der Waals surface area (Å²) >= 11 is 5.98. The van der Waals surface area contributed by atoms with E-state index in [0.29, 0.717) is 12.5 Å². The third-order valence-corrected chi connectivity index (χ3v) is 3.80. The summed E-state index contributed by atoms with van der Waals surface area (Å²) in [5, 5.41) is 0.0361. The SMILES string of the molecule is CCN1CCCC1CN1CC(Cl)CC1=O. The van der Waals surface area contributed by atoms with Crippen molar-refractivity contribution in [2.45, 2.75) is 37.6 Å². The van der Waals surface area contributed by atoms with E-state index in [2.05, 4.69) is 11.8 Å². The summed E-state index contributed by atoms with van der Waals surface area (Å²) in [7, 11) is 0. The number of hydrogen-bond donors (Lipinski definition) is 0. The van der Waals surface area contributed by atoms with Crippen molar-refractivity contribution in [1.29, 1.82) is 0 Å². The number of rotatable bonds is 3. The zero-order valence-electron chi connectivity index (χ0n) is 9.29. The molecular weight excluding hydrogens is 212 g/mol. The molecule has 15 heavy (non-hydrogen) atoms. The minimum absolute atomic E-state index is 0.0361. The zero-order valence-corrected chi connectivity index (χ0v) is 10.0. The molecule has 0 spiro atoms. The van der Waals surface area contributed by atoms with Crippen molar-refractivity contribution in [3.05, 3.63) is 0 Å². The van der Waals surface area contributed by atoms with Gasteiger partial charge in [0.25, 0.3) is 0 Å². The second-order valence-electron chi connectivity index (χ2n) is 4.52. The summed E-state index contributed by atoms with van der Waals surface area (Å²) in [5.74, 6) is 0.234. The monoisotopic (exact) mass is 230 g/mol. The number of nitrogens with zero attached hydrogens (tertiary/aromatic N) is 2. The maximum atomic E-state index is 11.6. The van der Waals surface area contributed by atoms with Crippen molar-refractivity contribution >= 4 is 17.5 Å². The summed E-state index contributed by atoms with van der Waals surface area (Å²) in [6.45, 7) is 6.10. The van der Waals surface area contributed by atoms with E-state index in [-0.39, 0.29) is 11.3 Å². The summed E-state index contributed by atoms with van der Waals surface area (Å²) in [6, 6.07) is 0.570. The summed E-state index contributed by atoms with van der Waals surface area (Å²) in [6.07, 6.45) is 3.02. The minimum atomic E-state index is 0.0361. The topological polar surface area (TPSA) is 23.6 Å². The number of likely N-dealkylation sites (N-methyl/N-ethyl adjacent to an activating group) is 1. The molecular formula is C11H19ClN2O. The molecule has 0 bridgehead atoms. The van der Waals surface area contributed by atoms with Gasteiger partial charge in [0.05, 0.1) is 5.38 Å². The molecule has 1 amide bonds. The van der Waals surface area contributed by atoms with Crippen molar-refractivity contribution in [2.75, 3.05) is 26.2 Å². The molecule has 2 saturated heterocycles. The molecule has 2 fully saturated rings. The normalized spacial score (nSPS) is 32.9. The van der Waals surface area contributed by atoms with E-state index >= 15 is 0 Å². The average molecular weight is 231 g/mol. The van der Waals surface area contributed by atoms with Crippen LogP contribution in [0.5, 0.6) is 0 Å². The van der Waals surface area contributed by atoms with Gasteiger partial charge in [0.1, 0.15) is 0 Å². The van der Waals surface area contributed by atoms with Crippen LogP contribution in [0.1, 0.15) is 26.2 Å². The van der Waals surface area contributed by atoms with Crippen molar-refractivity contribution in [3.63, 3.8) is 0 Å². The molecule has 2 aliphatic heterocycles. The highest BCUT2D eigenvalue weighted by atomic mass is 35.5. The van der Waals surface area contributed by atoms with E-state index in [1.165, 1.54) is 19.4 Å². The van der Waals surface area contributed by atoms with Gasteiger partial charge in [-0.2, -0.15) is 0 Å². The molecule has 0 aliphatic carbocycles. The van der Waals surface area contributed by atoms with E-state index in [9.17, 15) is 4.79 Å². The lowest BCUT2D eigenvalue weighted by molar-refractivity contribution is -0.128. The van der Waals surface area contributed by atoms with Crippen molar-refractivity contribution in [3.8, 4) is 0 Å². The standard InChI is InChI=1S/C11H19ClN2O/c1-2-13-5-3-4-10(13)8-14-7-9(12)6-11(14)15/h9-10H,2-8H2,1H3. The minimum Gasteiger partial charge on any atom is -0.340 e. The molecule has 0 N–H and O–H groups in total. The fourth-order valence-corrected chi connectivity index (χ4v) is 2.97. The van der Waals surface area contributed by atoms with Crippen LogP contribution in [0.15, 0.2) is 0 Å². The van der Waals surface area contributed by atoms with Gasteiger partial charge in [0, 0.05) is 25.6 Å². The van der Waals surface area contributed by atoms with Crippen LogP contribution in [-0.2, 0) is 4.79 Å². The van der Waals surface area contributed by atoms with Crippen LogP contribution in [0, 0.1) is 0 Å². The number of carbonyl (C=O) groups is 1. The molecule has 2 atom stereocenters. The van der Waals surface area contributed by atoms with Crippen molar-refractivity contribution < 1.29 is 4.79 Å². The van der Waals surface area contributed by atoms with E-state index in [0.717, 1.165) is 19.6 Å². The summed E-state index contributed by atoms with van der Waals surface area (Å²) < 4.78 is 0. The third-order valence-electron chi connectivity index (χ3n) is 3.50. The van der Waals surface area contributed by atoms with Crippen LogP contribution in [0.4, 0.5) is 0 Å². The molecule has 2 aliphatic rings. The molecule has 86 valence electrons. The second-order valence-corrected chi connectivity index (χ2v) is 5.14. The third kappa shape index (κ3) is 2.45. The lowest BCUT2D eigenvalue weighted by Crippen LogP contribution is -2.41. The number of hydrogen-bond acceptors (Lipinski definition) is 2. The first kappa shape index (κ1) is 11.2. The van der Waals surface area contributed by atoms with E-state index in [1.54, 1.807) is 0 Å². The van der Waals surface area contributed by atoms with Crippen LogP contribution in [0.2, 0.25) is 0 Å². The lowest BCUT2D eigenvalue weighted by atomic mass is 10.2. The number of carbonyl (C=O) groups excluding carboxylic acids is 1. The van der Waals surface area contributed by atoms with Gasteiger partial charge in [0.15, 0.2) is 0 Å². The predicted molar refractivity (Wildman–Crippen MR) is 61.1 cm³/mol. The van der Waals surface area contributed by atoms with Gasteiger partial charge in [-0.05, 0) is 25.9 Å². The number of halogens is 1. The summed E-state index contributed by atoms with van der Waals surface area (Å²) in [4.78, 5) is 16.0. The largest absolute Gasteiger partial charge is 0.340 e. The van der Waals surface area contributed by atoms with Crippen LogP contribution >= 0.6 is 11.6 Å². The second kappa shape index (κ2) is 4.71. The maximum absolute atomic E-state index is 11.6. The van der Waals surface area contributed by atoms with Gasteiger partial charge < -0.3 is 4.90 Å². The van der Waals surface area contributed by atoms with Gasteiger partial charge in [-0.15, -0.1) is 11.6 Å². The van der Waals surface area contributed by atoms with Gasteiger partial charge >= 0.3 is 0 Å². The zero-order chi connectivity index (χ0) is 10.8. The Balaban J connectivity index is 1.88. The molecule has 2 heterocycles. The van der Waals surface area contributed by atoms with Gasteiger partial charge in [-0.3, -0.25) is 9.69 Å². The van der Waals surface area contributed by atoms with E-state index < -0.39 is 0 Å². The molecule has 0 saturated carbocycles. The number of alkyl halides is 1. The first-order valence-corrected chi connectivity index (χ1v) is 6.30. The summed E-state index contributed by atoms with van der Waals surface area (Å²) in [5.41, 5.74) is 0. The van der Waals surface area contributed by atoms with Crippen LogP contribution in [0.25, 0.3) is 0 Å². The Morgan fingerprint density at radius 3 is 2.93 bits per heavy atom. The fourth-order valence-electron chi connectivity index (χ4n) is 2.67. The number of likely N-dealkylation sites (tertiary alicyclic amines) is 2. The molecule has 2 unspecified atom stereocenters. The Hall–Kier alpha value is -0.280. The molecule has 3 nitrogen and oxygen atoms in total. The van der Waals surface area contributed by atoms with Crippen molar-refractivity contribution in [1.82, 2.24) is 9.80 Å². The van der Waals surface area contributed by atoms with Gasteiger partial charge in [-0.1, -0.05) is 6.92 Å².